The average molecular weight is 1060 g/mol. The lowest BCUT2D eigenvalue weighted by Gasteiger charge is -2.37. The highest BCUT2D eigenvalue weighted by Gasteiger charge is 2.35. The van der Waals surface area contributed by atoms with Crippen molar-refractivity contribution in [2.75, 3.05) is 0 Å². The maximum Gasteiger partial charge on any atom is 0.0571 e. The lowest BCUT2D eigenvalue weighted by atomic mass is 9.67. The number of aryl methyl sites for hydroxylation is 1. The van der Waals surface area contributed by atoms with Crippen molar-refractivity contribution in [1.29, 1.82) is 0 Å². The van der Waals surface area contributed by atoms with Gasteiger partial charge in [0, 0.05) is 122 Å². The molecule has 0 amide bonds. The van der Waals surface area contributed by atoms with E-state index in [4.69, 9.17) is 0 Å². The van der Waals surface area contributed by atoms with Crippen LogP contribution in [-0.4, -0.2) is 38.2 Å². The second-order valence-corrected chi connectivity index (χ2v) is 23.0. The normalized spacial score (nSPS) is 14.7. The Labute approximate surface area is 475 Å². The number of para-hydroxylation sites is 3. The highest BCUT2D eigenvalue weighted by molar-refractivity contribution is 6.11. The first-order valence-electron chi connectivity index (χ1n) is 28.8. The average Bonchev–Trinajstić information content (AvgIpc) is 4.45. The molecule has 8 nitrogen and oxygen atoms in total. The molecule has 0 spiro atoms. The van der Waals surface area contributed by atoms with Crippen molar-refractivity contribution >= 4 is 88.1 Å². The predicted molar refractivity (Wildman–Crippen MR) is 337 cm³/mol. The van der Waals surface area contributed by atoms with Crippen LogP contribution in [0.3, 0.4) is 0 Å². The van der Waals surface area contributed by atoms with Gasteiger partial charge >= 0.3 is 0 Å². The Morgan fingerprint density at radius 1 is 0.402 bits per heavy atom. The molecule has 8 aromatic heterocycles. The summed E-state index contributed by atoms with van der Waals surface area (Å²) in [6, 6.07) is 63.1. The van der Waals surface area contributed by atoms with Gasteiger partial charge in [-0.25, -0.2) is 0 Å². The zero-order valence-electron chi connectivity index (χ0n) is 45.7. The van der Waals surface area contributed by atoms with Crippen molar-refractivity contribution in [3.63, 3.8) is 0 Å². The number of rotatable bonds is 12. The fraction of sp³-hybridized carbons (Fsp3) is 0.135. The number of hydrogen-bond donors (Lipinski definition) is 0. The van der Waals surface area contributed by atoms with Gasteiger partial charge < -0.3 is 18.3 Å². The van der Waals surface area contributed by atoms with E-state index in [-0.39, 0.29) is 5.41 Å². The van der Waals surface area contributed by atoms with E-state index in [1.807, 2.05) is 43.4 Å². The Hall–Kier alpha value is -9.92. The summed E-state index contributed by atoms with van der Waals surface area (Å²) in [5.74, 6) is 0.294. The zero-order valence-corrected chi connectivity index (χ0v) is 45.7. The summed E-state index contributed by atoms with van der Waals surface area (Å²) in [5, 5.41) is 8.38. The molecule has 8 heterocycles. The molecule has 0 saturated heterocycles. The Kier molecular flexibility index (Phi) is 11.4. The fourth-order valence-electron chi connectivity index (χ4n) is 14.4. The number of allylic oxidation sites excluding steroid dienone is 5. The zero-order chi connectivity index (χ0) is 54.3. The van der Waals surface area contributed by atoms with Crippen molar-refractivity contribution in [3.05, 3.63) is 271 Å². The van der Waals surface area contributed by atoms with Crippen molar-refractivity contribution in [1.82, 2.24) is 38.2 Å². The quantitative estimate of drug-likeness (QED) is 0.122. The third-order valence-electron chi connectivity index (χ3n) is 17.9. The second kappa shape index (κ2) is 19.4. The highest BCUT2D eigenvalue weighted by atomic mass is 15.0. The van der Waals surface area contributed by atoms with E-state index in [1.54, 1.807) is 0 Å². The number of aromatic nitrogens is 8. The van der Waals surface area contributed by atoms with E-state index >= 15 is 0 Å². The van der Waals surface area contributed by atoms with Crippen LogP contribution in [0, 0.1) is 11.3 Å². The molecule has 2 aliphatic rings. The van der Waals surface area contributed by atoms with Crippen molar-refractivity contribution < 1.29 is 0 Å². The lowest BCUT2D eigenvalue weighted by Crippen LogP contribution is -2.31. The van der Waals surface area contributed by atoms with Crippen molar-refractivity contribution in [3.8, 4) is 17.1 Å². The van der Waals surface area contributed by atoms with Gasteiger partial charge in [-0.15, -0.1) is 0 Å². The van der Waals surface area contributed by atoms with Gasteiger partial charge in [-0.1, -0.05) is 116 Å². The molecule has 1 unspecified atom stereocenters. The summed E-state index contributed by atoms with van der Waals surface area (Å²) < 4.78 is 9.71. The molecule has 0 N–H and O–H groups in total. The van der Waals surface area contributed by atoms with Crippen LogP contribution in [-0.2, 0) is 25.7 Å². The second-order valence-electron chi connectivity index (χ2n) is 23.0. The van der Waals surface area contributed by atoms with Crippen LogP contribution in [0.1, 0.15) is 54.1 Å². The van der Waals surface area contributed by atoms with Gasteiger partial charge in [0.2, 0.25) is 0 Å². The monoisotopic (exact) mass is 1060 g/mol. The van der Waals surface area contributed by atoms with Gasteiger partial charge in [-0.3, -0.25) is 19.9 Å². The molecule has 0 bridgehead atoms. The Bertz CT molecular complexity index is 4360. The van der Waals surface area contributed by atoms with E-state index < -0.39 is 0 Å². The Morgan fingerprint density at radius 2 is 0.793 bits per heavy atom. The Balaban J connectivity index is 0.836. The van der Waals surface area contributed by atoms with Crippen LogP contribution in [0.25, 0.3) is 105 Å². The maximum atomic E-state index is 4.60. The summed E-state index contributed by atoms with van der Waals surface area (Å²) in [7, 11) is 0. The van der Waals surface area contributed by atoms with Crippen LogP contribution >= 0.6 is 0 Å². The number of nitrogens with zero attached hydrogens (tertiary/aromatic N) is 8. The molecule has 6 aromatic carbocycles. The largest absolute Gasteiger partial charge is 0.313 e. The third kappa shape index (κ3) is 7.95. The molecule has 394 valence electrons. The minimum absolute atomic E-state index is 0.231. The first kappa shape index (κ1) is 48.0. The number of hydrogen-bond acceptors (Lipinski definition) is 4. The van der Waals surface area contributed by atoms with E-state index in [2.05, 4.69) is 245 Å². The summed E-state index contributed by atoms with van der Waals surface area (Å²) >= 11 is 0. The van der Waals surface area contributed by atoms with E-state index in [1.165, 1.54) is 82.8 Å². The van der Waals surface area contributed by atoms with Gasteiger partial charge in [0.1, 0.15) is 0 Å². The molecule has 82 heavy (non-hydrogen) atoms. The molecule has 1 atom stereocenters. The summed E-state index contributed by atoms with van der Waals surface area (Å²) in [4.78, 5) is 18.2. The first-order valence-corrected chi connectivity index (χ1v) is 28.8. The van der Waals surface area contributed by atoms with Gasteiger partial charge in [-0.2, -0.15) is 0 Å². The van der Waals surface area contributed by atoms with Crippen LogP contribution in [0.4, 0.5) is 0 Å². The lowest BCUT2D eigenvalue weighted by molar-refractivity contribution is 0.270. The first-order chi connectivity index (χ1) is 40.5. The molecular weight excluding hydrogens is 1000 g/mol. The van der Waals surface area contributed by atoms with Crippen LogP contribution in [0.2, 0.25) is 0 Å². The van der Waals surface area contributed by atoms with E-state index in [9.17, 15) is 0 Å². The Morgan fingerprint density at radius 3 is 1.22 bits per heavy atom. The number of pyridine rings is 4. The van der Waals surface area contributed by atoms with Gasteiger partial charge in [-0.05, 0) is 164 Å². The van der Waals surface area contributed by atoms with Crippen LogP contribution in [0.5, 0.6) is 0 Å². The van der Waals surface area contributed by atoms with Crippen molar-refractivity contribution in [2.24, 2.45) is 11.3 Å². The molecule has 16 rings (SSSR count). The number of fused-ring (bicyclic) bond motifs is 12. The molecule has 2 aliphatic carbocycles. The molecule has 0 radical (unpaired) electrons. The standard InChI is InChI=1S/C74H58N8/c1-49-40-53(24-31-65(49)82-69-17-9-5-13-60(69)64-48-78-39-35-73(64)82)44-74(41-50-18-25-54(26-19-50)79-66-14-6-2-10-57(66)61-45-75-36-32-70(61)79,42-51-20-27-55(28-21-51)80-67-15-7-3-11-58(67)62-46-76-37-33-71(62)80)43-52-22-29-56(30-23-52)81-68-16-8-4-12-59(68)63-47-77-38-34-72(63)81/h2-4,6-12,14-39,45-49H,5,13,40-44H2,1H3. The van der Waals surface area contributed by atoms with Gasteiger partial charge in [0.05, 0.1) is 38.6 Å². The minimum atomic E-state index is -0.231. The fourth-order valence-corrected chi connectivity index (χ4v) is 14.4. The smallest absolute Gasteiger partial charge is 0.0571 e. The topological polar surface area (TPSA) is 71.3 Å². The van der Waals surface area contributed by atoms with E-state index in [0.29, 0.717) is 5.92 Å². The summed E-state index contributed by atoms with van der Waals surface area (Å²) in [5.41, 5.74) is 21.0. The molecule has 0 saturated carbocycles. The van der Waals surface area contributed by atoms with Crippen molar-refractivity contribution in [2.45, 2.75) is 51.9 Å². The predicted octanol–water partition coefficient (Wildman–Crippen LogP) is 17.4. The van der Waals surface area contributed by atoms with Gasteiger partial charge in [0.15, 0.2) is 0 Å². The van der Waals surface area contributed by atoms with Gasteiger partial charge in [0.25, 0.3) is 0 Å². The molecule has 8 heteroatoms. The summed E-state index contributed by atoms with van der Waals surface area (Å²) in [6.07, 6.45) is 32.0. The maximum absolute atomic E-state index is 4.60. The minimum Gasteiger partial charge on any atom is -0.313 e. The van der Waals surface area contributed by atoms with Crippen LogP contribution < -0.4 is 0 Å². The molecule has 0 fully saturated rings. The molecular formula is C74H58N8. The summed E-state index contributed by atoms with van der Waals surface area (Å²) in [6.45, 7) is 2.43. The van der Waals surface area contributed by atoms with E-state index in [0.717, 1.165) is 94.7 Å². The third-order valence-corrected chi connectivity index (χ3v) is 17.9. The number of benzene rings is 6. The highest BCUT2D eigenvalue weighted by Crippen LogP contribution is 2.45. The molecule has 0 aliphatic heterocycles. The molecule has 14 aromatic rings. The van der Waals surface area contributed by atoms with Crippen LogP contribution in [0.15, 0.2) is 243 Å². The SMILES string of the molecule is CC1CC(CC(Cc2ccc(-n3c4ccccc4c4cnccc43)cc2)(Cc2ccc(-n3c4ccccc4c4cnccc43)cc2)Cc2ccc(-n3c4ccccc4c4cnccc43)cc2)=CC=C1n1c2c(c3cnccc31)CCC=C2.